The standard InChI is InChI=1S/C12H18N2O/c1-10-4-2-5-11(13-10)8-14-7-3-6-12(14)9-15/h2,4-5,12,15H,3,6-9H2,1H3/t12-/m1/s1. The zero-order chi connectivity index (χ0) is 10.7. The summed E-state index contributed by atoms with van der Waals surface area (Å²) in [6, 6.07) is 6.45. The molecule has 2 heterocycles. The van der Waals surface area contributed by atoms with E-state index in [-0.39, 0.29) is 6.61 Å². The van der Waals surface area contributed by atoms with Crippen LogP contribution in [0.4, 0.5) is 0 Å². The first kappa shape index (κ1) is 10.6. The van der Waals surface area contributed by atoms with E-state index < -0.39 is 0 Å². The average molecular weight is 206 g/mol. The molecule has 0 bridgehead atoms. The zero-order valence-corrected chi connectivity index (χ0v) is 9.19. The zero-order valence-electron chi connectivity index (χ0n) is 9.19. The highest BCUT2D eigenvalue weighted by molar-refractivity contribution is 5.10. The molecular formula is C12H18N2O. The number of nitrogens with zero attached hydrogens (tertiary/aromatic N) is 2. The van der Waals surface area contributed by atoms with Crippen LogP contribution in [0.3, 0.4) is 0 Å². The minimum absolute atomic E-state index is 0.270. The largest absolute Gasteiger partial charge is 0.395 e. The van der Waals surface area contributed by atoms with E-state index in [0.717, 1.165) is 30.9 Å². The molecule has 82 valence electrons. The second kappa shape index (κ2) is 4.73. The maximum absolute atomic E-state index is 9.21. The van der Waals surface area contributed by atoms with E-state index in [1.54, 1.807) is 0 Å². The highest BCUT2D eigenvalue weighted by Gasteiger charge is 2.23. The average Bonchev–Trinajstić information content (AvgIpc) is 2.65. The van der Waals surface area contributed by atoms with Crippen molar-refractivity contribution in [3.8, 4) is 0 Å². The van der Waals surface area contributed by atoms with Crippen LogP contribution in [0.25, 0.3) is 0 Å². The highest BCUT2D eigenvalue weighted by Crippen LogP contribution is 2.18. The number of hydrogen-bond acceptors (Lipinski definition) is 3. The number of aliphatic hydroxyl groups excluding tert-OH is 1. The summed E-state index contributed by atoms with van der Waals surface area (Å²) >= 11 is 0. The van der Waals surface area contributed by atoms with Crippen LogP contribution in [0.2, 0.25) is 0 Å². The molecular weight excluding hydrogens is 188 g/mol. The topological polar surface area (TPSA) is 36.4 Å². The molecule has 0 radical (unpaired) electrons. The summed E-state index contributed by atoms with van der Waals surface area (Å²) in [6.45, 7) is 4.23. The third-order valence-electron chi connectivity index (χ3n) is 3.02. The number of pyridine rings is 1. The summed E-state index contributed by atoms with van der Waals surface area (Å²) in [7, 11) is 0. The molecule has 1 saturated heterocycles. The first-order valence-electron chi connectivity index (χ1n) is 5.57. The van der Waals surface area contributed by atoms with Crippen LogP contribution in [0.1, 0.15) is 24.2 Å². The number of hydrogen-bond donors (Lipinski definition) is 1. The first-order chi connectivity index (χ1) is 7.29. The Labute approximate surface area is 90.8 Å². The van der Waals surface area contributed by atoms with Gasteiger partial charge in [-0.1, -0.05) is 6.07 Å². The molecule has 0 aliphatic carbocycles. The minimum Gasteiger partial charge on any atom is -0.395 e. The van der Waals surface area contributed by atoms with E-state index >= 15 is 0 Å². The Balaban J connectivity index is 2.02. The summed E-state index contributed by atoms with van der Waals surface area (Å²) < 4.78 is 0. The fraction of sp³-hybridized carbons (Fsp3) is 0.583. The van der Waals surface area contributed by atoms with Crippen molar-refractivity contribution in [2.24, 2.45) is 0 Å². The lowest BCUT2D eigenvalue weighted by atomic mass is 10.2. The lowest BCUT2D eigenvalue weighted by Gasteiger charge is -2.22. The summed E-state index contributed by atoms with van der Waals surface area (Å²) in [5.41, 5.74) is 2.17. The third-order valence-corrected chi connectivity index (χ3v) is 3.02. The summed E-state index contributed by atoms with van der Waals surface area (Å²) in [6.07, 6.45) is 2.30. The van der Waals surface area contributed by atoms with Gasteiger partial charge in [-0.05, 0) is 38.4 Å². The van der Waals surface area contributed by atoms with Gasteiger partial charge in [0.2, 0.25) is 0 Å². The molecule has 1 aliphatic rings. The molecule has 0 unspecified atom stereocenters. The van der Waals surface area contributed by atoms with Crippen molar-refractivity contribution in [2.75, 3.05) is 13.2 Å². The molecule has 15 heavy (non-hydrogen) atoms. The maximum atomic E-state index is 9.21. The van der Waals surface area contributed by atoms with E-state index in [2.05, 4.69) is 16.0 Å². The summed E-state index contributed by atoms with van der Waals surface area (Å²) in [5.74, 6) is 0. The molecule has 3 nitrogen and oxygen atoms in total. The Bertz CT molecular complexity index is 327. The van der Waals surface area contributed by atoms with E-state index in [1.165, 1.54) is 6.42 Å². The highest BCUT2D eigenvalue weighted by atomic mass is 16.3. The van der Waals surface area contributed by atoms with Crippen molar-refractivity contribution in [3.05, 3.63) is 29.6 Å². The van der Waals surface area contributed by atoms with E-state index in [1.807, 2.05) is 19.1 Å². The van der Waals surface area contributed by atoms with E-state index in [0.29, 0.717) is 6.04 Å². The molecule has 0 aromatic carbocycles. The Morgan fingerprint density at radius 3 is 3.13 bits per heavy atom. The van der Waals surface area contributed by atoms with Crippen molar-refractivity contribution in [3.63, 3.8) is 0 Å². The van der Waals surface area contributed by atoms with Gasteiger partial charge in [-0.2, -0.15) is 0 Å². The SMILES string of the molecule is Cc1cccc(CN2CCC[C@@H]2CO)n1. The summed E-state index contributed by atoms with van der Waals surface area (Å²) in [4.78, 5) is 6.80. The minimum atomic E-state index is 0.270. The molecule has 1 fully saturated rings. The molecule has 1 aromatic rings. The molecule has 0 spiro atoms. The fourth-order valence-corrected chi connectivity index (χ4v) is 2.21. The van der Waals surface area contributed by atoms with Crippen LogP contribution in [0, 0.1) is 6.92 Å². The number of likely N-dealkylation sites (tertiary alicyclic amines) is 1. The predicted octanol–water partition coefficient (Wildman–Crippen LogP) is 1.35. The van der Waals surface area contributed by atoms with Gasteiger partial charge in [0.1, 0.15) is 0 Å². The van der Waals surface area contributed by atoms with Crippen molar-refractivity contribution in [1.29, 1.82) is 0 Å². The molecule has 0 saturated carbocycles. The molecule has 0 amide bonds. The third kappa shape index (κ3) is 2.55. The van der Waals surface area contributed by atoms with Gasteiger partial charge in [0.25, 0.3) is 0 Å². The second-order valence-electron chi connectivity index (χ2n) is 4.22. The predicted molar refractivity (Wildman–Crippen MR) is 59.5 cm³/mol. The van der Waals surface area contributed by atoms with Crippen molar-refractivity contribution < 1.29 is 5.11 Å². The van der Waals surface area contributed by atoms with E-state index in [4.69, 9.17) is 0 Å². The number of aromatic nitrogens is 1. The van der Waals surface area contributed by atoms with Gasteiger partial charge in [-0.15, -0.1) is 0 Å². The van der Waals surface area contributed by atoms with Crippen molar-refractivity contribution >= 4 is 0 Å². The van der Waals surface area contributed by atoms with Gasteiger partial charge in [0.15, 0.2) is 0 Å². The Kier molecular flexibility index (Phi) is 3.34. The van der Waals surface area contributed by atoms with Gasteiger partial charge >= 0.3 is 0 Å². The number of rotatable bonds is 3. The molecule has 1 N–H and O–H groups in total. The van der Waals surface area contributed by atoms with Crippen LogP contribution in [0.15, 0.2) is 18.2 Å². The van der Waals surface area contributed by atoms with Crippen LogP contribution in [-0.4, -0.2) is 34.2 Å². The molecule has 1 aliphatic heterocycles. The Morgan fingerprint density at radius 2 is 2.40 bits per heavy atom. The van der Waals surface area contributed by atoms with Gasteiger partial charge < -0.3 is 5.11 Å². The molecule has 3 heteroatoms. The number of aryl methyl sites for hydroxylation is 1. The van der Waals surface area contributed by atoms with Gasteiger partial charge in [0.05, 0.1) is 12.3 Å². The van der Waals surface area contributed by atoms with Crippen LogP contribution >= 0.6 is 0 Å². The maximum Gasteiger partial charge on any atom is 0.0587 e. The Morgan fingerprint density at radius 1 is 1.53 bits per heavy atom. The van der Waals surface area contributed by atoms with Gasteiger partial charge in [-0.3, -0.25) is 9.88 Å². The number of aliphatic hydroxyl groups is 1. The van der Waals surface area contributed by atoms with Crippen molar-refractivity contribution in [1.82, 2.24) is 9.88 Å². The lowest BCUT2D eigenvalue weighted by molar-refractivity contribution is 0.152. The lowest BCUT2D eigenvalue weighted by Crippen LogP contribution is -2.31. The van der Waals surface area contributed by atoms with Crippen LogP contribution in [0.5, 0.6) is 0 Å². The smallest absolute Gasteiger partial charge is 0.0587 e. The quantitative estimate of drug-likeness (QED) is 0.811. The van der Waals surface area contributed by atoms with Gasteiger partial charge in [0, 0.05) is 18.3 Å². The van der Waals surface area contributed by atoms with Gasteiger partial charge in [-0.25, -0.2) is 0 Å². The fourth-order valence-electron chi connectivity index (χ4n) is 2.21. The monoisotopic (exact) mass is 206 g/mol. The summed E-state index contributed by atoms with van der Waals surface area (Å²) in [5, 5.41) is 9.21. The van der Waals surface area contributed by atoms with Crippen LogP contribution < -0.4 is 0 Å². The van der Waals surface area contributed by atoms with Crippen LogP contribution in [-0.2, 0) is 6.54 Å². The second-order valence-corrected chi connectivity index (χ2v) is 4.22. The molecule has 1 atom stereocenters. The van der Waals surface area contributed by atoms with Crippen molar-refractivity contribution in [2.45, 2.75) is 32.4 Å². The molecule has 1 aromatic heterocycles. The molecule has 2 rings (SSSR count). The normalized spacial score (nSPS) is 22.1. The first-order valence-corrected chi connectivity index (χ1v) is 5.57. The van der Waals surface area contributed by atoms with E-state index in [9.17, 15) is 5.11 Å². The Hall–Kier alpha value is -0.930.